The third-order valence-electron chi connectivity index (χ3n) is 1.72. The zero-order valence-corrected chi connectivity index (χ0v) is 8.14. The molecule has 1 aromatic rings. The Kier molecular flexibility index (Phi) is 4.29. The second-order valence-electron chi connectivity index (χ2n) is 2.83. The fraction of sp³-hybridized carbons (Fsp3) is 0.556. The van der Waals surface area contributed by atoms with E-state index in [0.717, 1.165) is 12.8 Å². The van der Waals surface area contributed by atoms with E-state index in [2.05, 4.69) is 17.5 Å². The maximum Gasteiger partial charge on any atom is 0.0613 e. The Morgan fingerprint density at radius 3 is 3.08 bits per heavy atom. The van der Waals surface area contributed by atoms with Crippen molar-refractivity contribution in [3.8, 4) is 0 Å². The standard InChI is InChI=1S/C9H15NOS/c1-11-7-8(10)4-5-9-3-2-6-12-9/h2-3,6,8H,4-5,7,10H2,1H3. The van der Waals surface area contributed by atoms with Crippen molar-refractivity contribution in [2.24, 2.45) is 5.73 Å². The molecule has 0 aliphatic rings. The average molecular weight is 185 g/mol. The molecule has 1 heterocycles. The first-order valence-electron chi connectivity index (χ1n) is 4.10. The Hall–Kier alpha value is -0.380. The minimum atomic E-state index is 0.178. The first-order valence-corrected chi connectivity index (χ1v) is 4.98. The van der Waals surface area contributed by atoms with Crippen molar-refractivity contribution >= 4 is 11.3 Å². The highest BCUT2D eigenvalue weighted by atomic mass is 32.1. The highest BCUT2D eigenvalue weighted by Gasteiger charge is 2.02. The monoisotopic (exact) mass is 185 g/mol. The lowest BCUT2D eigenvalue weighted by Gasteiger charge is -2.08. The van der Waals surface area contributed by atoms with Crippen molar-refractivity contribution < 1.29 is 4.74 Å². The molecule has 1 rings (SSSR count). The fourth-order valence-electron chi connectivity index (χ4n) is 1.08. The number of aryl methyl sites for hydroxylation is 1. The van der Waals surface area contributed by atoms with Crippen LogP contribution in [0.5, 0.6) is 0 Å². The molecule has 68 valence electrons. The molecule has 2 nitrogen and oxygen atoms in total. The molecular formula is C9H15NOS. The minimum absolute atomic E-state index is 0.178. The molecule has 0 aliphatic carbocycles. The highest BCUT2D eigenvalue weighted by Crippen LogP contribution is 2.11. The molecule has 0 spiro atoms. The van der Waals surface area contributed by atoms with Crippen LogP contribution in [0.3, 0.4) is 0 Å². The van der Waals surface area contributed by atoms with Crippen LogP contribution in [-0.2, 0) is 11.2 Å². The fourth-order valence-corrected chi connectivity index (χ4v) is 1.80. The van der Waals surface area contributed by atoms with Crippen LogP contribution in [0.2, 0.25) is 0 Å². The highest BCUT2D eigenvalue weighted by molar-refractivity contribution is 7.09. The van der Waals surface area contributed by atoms with Gasteiger partial charge in [0.2, 0.25) is 0 Å². The van der Waals surface area contributed by atoms with E-state index in [1.807, 2.05) is 0 Å². The van der Waals surface area contributed by atoms with Gasteiger partial charge in [-0.3, -0.25) is 0 Å². The molecule has 2 N–H and O–H groups in total. The summed E-state index contributed by atoms with van der Waals surface area (Å²) < 4.78 is 4.95. The smallest absolute Gasteiger partial charge is 0.0613 e. The molecule has 0 aromatic carbocycles. The molecular weight excluding hydrogens is 170 g/mol. The lowest BCUT2D eigenvalue weighted by atomic mass is 10.1. The summed E-state index contributed by atoms with van der Waals surface area (Å²) in [5, 5.41) is 2.09. The SMILES string of the molecule is COCC(N)CCc1cccs1. The summed E-state index contributed by atoms with van der Waals surface area (Å²) in [5.74, 6) is 0. The number of hydrogen-bond donors (Lipinski definition) is 1. The van der Waals surface area contributed by atoms with Gasteiger partial charge < -0.3 is 10.5 Å². The van der Waals surface area contributed by atoms with Gasteiger partial charge in [-0.1, -0.05) is 6.07 Å². The molecule has 0 fully saturated rings. The van der Waals surface area contributed by atoms with Crippen LogP contribution >= 0.6 is 11.3 Å². The van der Waals surface area contributed by atoms with Gasteiger partial charge in [0, 0.05) is 18.0 Å². The van der Waals surface area contributed by atoms with Crippen molar-refractivity contribution in [2.75, 3.05) is 13.7 Å². The van der Waals surface area contributed by atoms with Crippen LogP contribution in [-0.4, -0.2) is 19.8 Å². The average Bonchev–Trinajstić information content (AvgIpc) is 2.53. The van der Waals surface area contributed by atoms with Gasteiger partial charge >= 0.3 is 0 Å². The third kappa shape index (κ3) is 3.34. The van der Waals surface area contributed by atoms with Gasteiger partial charge in [-0.15, -0.1) is 11.3 Å². The Balaban J connectivity index is 2.17. The number of thiophene rings is 1. The number of ether oxygens (including phenoxy) is 1. The second-order valence-corrected chi connectivity index (χ2v) is 3.87. The van der Waals surface area contributed by atoms with E-state index in [-0.39, 0.29) is 6.04 Å². The summed E-state index contributed by atoms with van der Waals surface area (Å²) in [4.78, 5) is 1.40. The van der Waals surface area contributed by atoms with E-state index in [9.17, 15) is 0 Å². The van der Waals surface area contributed by atoms with Crippen LogP contribution in [0.1, 0.15) is 11.3 Å². The van der Waals surface area contributed by atoms with Gasteiger partial charge in [0.05, 0.1) is 6.61 Å². The molecule has 1 unspecified atom stereocenters. The summed E-state index contributed by atoms with van der Waals surface area (Å²) >= 11 is 1.79. The van der Waals surface area contributed by atoms with Gasteiger partial charge in [-0.05, 0) is 24.3 Å². The van der Waals surface area contributed by atoms with Crippen molar-refractivity contribution in [3.63, 3.8) is 0 Å². The van der Waals surface area contributed by atoms with Crippen LogP contribution in [0.4, 0.5) is 0 Å². The maximum atomic E-state index is 5.78. The molecule has 1 aromatic heterocycles. The second kappa shape index (κ2) is 5.30. The predicted molar refractivity (Wildman–Crippen MR) is 52.5 cm³/mol. The summed E-state index contributed by atoms with van der Waals surface area (Å²) in [7, 11) is 1.69. The summed E-state index contributed by atoms with van der Waals surface area (Å²) in [5.41, 5.74) is 5.78. The number of hydrogen-bond acceptors (Lipinski definition) is 3. The zero-order valence-electron chi connectivity index (χ0n) is 7.32. The van der Waals surface area contributed by atoms with Crippen LogP contribution in [0.15, 0.2) is 17.5 Å². The molecule has 0 bridgehead atoms. The van der Waals surface area contributed by atoms with Crippen molar-refractivity contribution in [1.82, 2.24) is 0 Å². The minimum Gasteiger partial charge on any atom is -0.383 e. The largest absolute Gasteiger partial charge is 0.383 e. The van der Waals surface area contributed by atoms with Crippen LogP contribution in [0.25, 0.3) is 0 Å². The van der Waals surface area contributed by atoms with Gasteiger partial charge in [-0.2, -0.15) is 0 Å². The van der Waals surface area contributed by atoms with Gasteiger partial charge in [0.15, 0.2) is 0 Å². The number of nitrogens with two attached hydrogens (primary N) is 1. The van der Waals surface area contributed by atoms with Crippen molar-refractivity contribution in [2.45, 2.75) is 18.9 Å². The molecule has 12 heavy (non-hydrogen) atoms. The Bertz CT molecular complexity index is 198. The molecule has 3 heteroatoms. The van der Waals surface area contributed by atoms with E-state index in [1.165, 1.54) is 4.88 Å². The quantitative estimate of drug-likeness (QED) is 0.757. The third-order valence-corrected chi connectivity index (χ3v) is 2.66. The van der Waals surface area contributed by atoms with E-state index in [0.29, 0.717) is 6.61 Å². The van der Waals surface area contributed by atoms with Gasteiger partial charge in [-0.25, -0.2) is 0 Å². The topological polar surface area (TPSA) is 35.2 Å². The number of methoxy groups -OCH3 is 1. The molecule has 0 saturated heterocycles. The van der Waals surface area contributed by atoms with Crippen LogP contribution < -0.4 is 5.73 Å². The molecule has 0 aliphatic heterocycles. The lowest BCUT2D eigenvalue weighted by Crippen LogP contribution is -2.25. The van der Waals surface area contributed by atoms with Crippen molar-refractivity contribution in [3.05, 3.63) is 22.4 Å². The normalized spacial score (nSPS) is 13.2. The summed E-state index contributed by atoms with van der Waals surface area (Å²) in [6.45, 7) is 0.658. The Morgan fingerprint density at radius 2 is 2.50 bits per heavy atom. The maximum absolute atomic E-state index is 5.78. The van der Waals surface area contributed by atoms with Crippen molar-refractivity contribution in [1.29, 1.82) is 0 Å². The number of rotatable bonds is 5. The van der Waals surface area contributed by atoms with E-state index in [4.69, 9.17) is 10.5 Å². The predicted octanol–water partition coefficient (Wildman–Crippen LogP) is 1.65. The first kappa shape index (κ1) is 9.71. The van der Waals surface area contributed by atoms with Gasteiger partial charge in [0.1, 0.15) is 0 Å². The molecule has 0 amide bonds. The van der Waals surface area contributed by atoms with E-state index >= 15 is 0 Å². The van der Waals surface area contributed by atoms with Crippen LogP contribution in [0, 0.1) is 0 Å². The van der Waals surface area contributed by atoms with E-state index in [1.54, 1.807) is 18.4 Å². The molecule has 0 radical (unpaired) electrons. The molecule has 0 saturated carbocycles. The summed E-state index contributed by atoms with van der Waals surface area (Å²) in [6.07, 6.45) is 2.08. The lowest BCUT2D eigenvalue weighted by molar-refractivity contribution is 0.177. The summed E-state index contributed by atoms with van der Waals surface area (Å²) in [6, 6.07) is 4.39. The molecule has 1 atom stereocenters. The van der Waals surface area contributed by atoms with Gasteiger partial charge in [0.25, 0.3) is 0 Å². The zero-order chi connectivity index (χ0) is 8.81. The van der Waals surface area contributed by atoms with E-state index < -0.39 is 0 Å². The Labute approximate surface area is 77.3 Å². The first-order chi connectivity index (χ1) is 5.83. The Morgan fingerprint density at radius 1 is 1.67 bits per heavy atom.